The van der Waals surface area contributed by atoms with Crippen LogP contribution in [0.25, 0.3) is 10.9 Å². The molecule has 1 aromatic heterocycles. The molecular formula is C17H13FN2O3. The first-order valence-corrected chi connectivity index (χ1v) is 6.85. The smallest absolute Gasteiger partial charge is 0.296 e. The first-order chi connectivity index (χ1) is 11.1. The normalized spacial score (nSPS) is 10.5. The van der Waals surface area contributed by atoms with Crippen LogP contribution in [0, 0.1) is 5.82 Å². The van der Waals surface area contributed by atoms with E-state index in [1.807, 2.05) is 0 Å². The molecule has 6 heteroatoms. The lowest BCUT2D eigenvalue weighted by Gasteiger charge is -2.05. The molecule has 116 valence electrons. The summed E-state index contributed by atoms with van der Waals surface area (Å²) in [6, 6.07) is 10.6. The van der Waals surface area contributed by atoms with Gasteiger partial charge in [0, 0.05) is 22.8 Å². The Hall–Kier alpha value is -3.15. The third-order valence-corrected chi connectivity index (χ3v) is 3.44. The minimum atomic E-state index is -0.791. The van der Waals surface area contributed by atoms with Gasteiger partial charge in [0.05, 0.1) is 12.7 Å². The van der Waals surface area contributed by atoms with Gasteiger partial charge in [0.15, 0.2) is 0 Å². The van der Waals surface area contributed by atoms with Crippen LogP contribution in [0.2, 0.25) is 0 Å². The van der Waals surface area contributed by atoms with Crippen LogP contribution in [0.15, 0.2) is 48.7 Å². The van der Waals surface area contributed by atoms with Crippen LogP contribution >= 0.6 is 0 Å². The molecule has 0 saturated heterocycles. The summed E-state index contributed by atoms with van der Waals surface area (Å²) < 4.78 is 18.4. The van der Waals surface area contributed by atoms with Gasteiger partial charge in [-0.05, 0) is 42.5 Å². The summed E-state index contributed by atoms with van der Waals surface area (Å²) in [5, 5.41) is 2.88. The largest absolute Gasteiger partial charge is 0.497 e. The summed E-state index contributed by atoms with van der Waals surface area (Å²) in [7, 11) is 1.53. The first-order valence-electron chi connectivity index (χ1n) is 6.85. The highest BCUT2D eigenvalue weighted by Gasteiger charge is 2.20. The summed E-state index contributed by atoms with van der Waals surface area (Å²) in [5.41, 5.74) is 1.19. The maximum absolute atomic E-state index is 13.3. The number of Topliss-reactive ketones (excluding diaryl/α,β-unsaturated/α-hetero) is 1. The number of hydrogen-bond acceptors (Lipinski definition) is 3. The van der Waals surface area contributed by atoms with Crippen molar-refractivity contribution in [2.45, 2.75) is 0 Å². The van der Waals surface area contributed by atoms with E-state index in [1.54, 1.807) is 24.3 Å². The summed E-state index contributed by atoms with van der Waals surface area (Å²) in [6.45, 7) is 0. The van der Waals surface area contributed by atoms with Gasteiger partial charge < -0.3 is 15.0 Å². The molecule has 0 atom stereocenters. The molecule has 3 aromatic rings. The van der Waals surface area contributed by atoms with Gasteiger partial charge in [0.25, 0.3) is 11.7 Å². The zero-order chi connectivity index (χ0) is 16.4. The number of aromatic amines is 1. The Bertz CT molecular complexity index is 884. The predicted octanol–water partition coefficient (Wildman–Crippen LogP) is 3.14. The van der Waals surface area contributed by atoms with Crippen molar-refractivity contribution < 1.29 is 18.7 Å². The van der Waals surface area contributed by atoms with Crippen molar-refractivity contribution in [1.82, 2.24) is 4.98 Å². The van der Waals surface area contributed by atoms with Crippen LogP contribution in [0.5, 0.6) is 5.75 Å². The minimum Gasteiger partial charge on any atom is -0.497 e. The number of ether oxygens (including phenoxy) is 1. The van der Waals surface area contributed by atoms with Crippen molar-refractivity contribution in [2.75, 3.05) is 12.4 Å². The SMILES string of the molecule is COc1ccc(NC(=O)C(=O)c2c[nH]c3ccc(F)cc23)cc1. The van der Waals surface area contributed by atoms with E-state index in [-0.39, 0.29) is 5.56 Å². The van der Waals surface area contributed by atoms with Crippen molar-refractivity contribution in [3.8, 4) is 5.75 Å². The average Bonchev–Trinajstić information content (AvgIpc) is 2.97. The quantitative estimate of drug-likeness (QED) is 0.574. The molecule has 3 rings (SSSR count). The summed E-state index contributed by atoms with van der Waals surface area (Å²) >= 11 is 0. The Morgan fingerprint density at radius 2 is 1.87 bits per heavy atom. The second-order valence-corrected chi connectivity index (χ2v) is 4.90. The summed E-state index contributed by atoms with van der Waals surface area (Å²) in [5.74, 6) is -1.36. The van der Waals surface area contributed by atoms with Gasteiger partial charge in [0.1, 0.15) is 11.6 Å². The number of carbonyl (C=O) groups is 2. The Morgan fingerprint density at radius 1 is 1.13 bits per heavy atom. The van der Waals surface area contributed by atoms with Gasteiger partial charge in [-0.25, -0.2) is 4.39 Å². The molecule has 23 heavy (non-hydrogen) atoms. The van der Waals surface area contributed by atoms with Crippen LogP contribution in [0.3, 0.4) is 0 Å². The van der Waals surface area contributed by atoms with E-state index in [4.69, 9.17) is 4.74 Å². The predicted molar refractivity (Wildman–Crippen MR) is 84.2 cm³/mol. The van der Waals surface area contributed by atoms with Crippen molar-refractivity contribution in [1.29, 1.82) is 0 Å². The number of hydrogen-bond donors (Lipinski definition) is 2. The number of anilines is 1. The number of nitrogens with one attached hydrogen (secondary N) is 2. The lowest BCUT2D eigenvalue weighted by molar-refractivity contribution is -0.112. The molecule has 0 aliphatic carbocycles. The number of halogens is 1. The average molecular weight is 312 g/mol. The number of H-pyrrole nitrogens is 1. The van der Waals surface area contributed by atoms with Gasteiger partial charge in [0.2, 0.25) is 0 Å². The van der Waals surface area contributed by atoms with Crippen LogP contribution in [0.1, 0.15) is 10.4 Å². The third-order valence-electron chi connectivity index (χ3n) is 3.44. The van der Waals surface area contributed by atoms with Crippen molar-refractivity contribution in [3.05, 3.63) is 60.0 Å². The highest BCUT2D eigenvalue weighted by Crippen LogP contribution is 2.21. The van der Waals surface area contributed by atoms with Crippen LogP contribution < -0.4 is 10.1 Å². The lowest BCUT2D eigenvalue weighted by Crippen LogP contribution is -2.22. The topological polar surface area (TPSA) is 71.2 Å². The maximum atomic E-state index is 13.3. The van der Waals surface area contributed by atoms with Crippen molar-refractivity contribution in [2.24, 2.45) is 0 Å². The van der Waals surface area contributed by atoms with E-state index in [2.05, 4.69) is 10.3 Å². The Balaban J connectivity index is 1.83. The molecule has 0 radical (unpaired) electrons. The number of rotatable bonds is 4. The van der Waals surface area contributed by atoms with Gasteiger partial charge in [-0.1, -0.05) is 0 Å². The summed E-state index contributed by atoms with van der Waals surface area (Å²) in [6.07, 6.45) is 1.40. The van der Waals surface area contributed by atoms with Gasteiger partial charge in [-0.2, -0.15) is 0 Å². The fourth-order valence-corrected chi connectivity index (χ4v) is 2.27. The number of amides is 1. The number of aromatic nitrogens is 1. The van der Waals surface area contributed by atoms with Gasteiger partial charge in [-0.3, -0.25) is 9.59 Å². The molecule has 0 saturated carbocycles. The number of ketones is 1. The third kappa shape index (κ3) is 2.91. The van der Waals surface area contributed by atoms with Crippen LogP contribution in [0.4, 0.5) is 10.1 Å². The van der Waals surface area contributed by atoms with Crippen LogP contribution in [-0.2, 0) is 4.79 Å². The van der Waals surface area contributed by atoms with Gasteiger partial charge in [-0.15, -0.1) is 0 Å². The molecule has 0 fully saturated rings. The second kappa shape index (κ2) is 5.92. The second-order valence-electron chi connectivity index (χ2n) is 4.90. The number of methoxy groups -OCH3 is 1. The standard InChI is InChI=1S/C17H13FN2O3/c1-23-12-5-3-11(4-6-12)20-17(22)16(21)14-9-19-15-7-2-10(18)8-13(14)15/h2-9,19H,1H3,(H,20,22). The lowest BCUT2D eigenvalue weighted by atomic mass is 10.1. The summed E-state index contributed by atoms with van der Waals surface area (Å²) in [4.78, 5) is 27.2. The Kier molecular flexibility index (Phi) is 3.80. The molecule has 1 amide bonds. The minimum absolute atomic E-state index is 0.130. The molecule has 2 N–H and O–H groups in total. The molecule has 1 heterocycles. The van der Waals surface area contributed by atoms with E-state index in [0.717, 1.165) is 0 Å². The number of fused-ring (bicyclic) bond motifs is 1. The fourth-order valence-electron chi connectivity index (χ4n) is 2.27. The molecule has 5 nitrogen and oxygen atoms in total. The molecular weight excluding hydrogens is 299 g/mol. The molecule has 0 aliphatic rings. The molecule has 0 bridgehead atoms. The Labute approximate surface area is 131 Å². The Morgan fingerprint density at radius 3 is 2.57 bits per heavy atom. The first kappa shape index (κ1) is 14.8. The molecule has 0 aliphatic heterocycles. The van der Waals surface area contributed by atoms with Crippen molar-refractivity contribution >= 4 is 28.3 Å². The van der Waals surface area contributed by atoms with E-state index in [1.165, 1.54) is 31.5 Å². The molecule has 0 unspecified atom stereocenters. The molecule has 0 spiro atoms. The zero-order valence-electron chi connectivity index (χ0n) is 12.2. The molecule has 2 aromatic carbocycles. The van der Waals surface area contributed by atoms with Gasteiger partial charge >= 0.3 is 0 Å². The van der Waals surface area contributed by atoms with Crippen LogP contribution in [-0.4, -0.2) is 23.8 Å². The van der Waals surface area contributed by atoms with E-state index < -0.39 is 17.5 Å². The maximum Gasteiger partial charge on any atom is 0.296 e. The number of benzene rings is 2. The van der Waals surface area contributed by atoms with Crippen molar-refractivity contribution in [3.63, 3.8) is 0 Å². The number of carbonyl (C=O) groups excluding carboxylic acids is 2. The fraction of sp³-hybridized carbons (Fsp3) is 0.0588. The monoisotopic (exact) mass is 312 g/mol. The highest BCUT2D eigenvalue weighted by atomic mass is 19.1. The van der Waals surface area contributed by atoms with E-state index in [0.29, 0.717) is 22.3 Å². The van der Waals surface area contributed by atoms with E-state index in [9.17, 15) is 14.0 Å². The zero-order valence-corrected chi connectivity index (χ0v) is 12.2. The van der Waals surface area contributed by atoms with E-state index >= 15 is 0 Å². The highest BCUT2D eigenvalue weighted by molar-refractivity contribution is 6.48.